The Labute approximate surface area is 142 Å². The zero-order valence-electron chi connectivity index (χ0n) is 13.8. The average Bonchev–Trinajstić information content (AvgIpc) is 2.85. The topological polar surface area (TPSA) is 28.5 Å². The van der Waals surface area contributed by atoms with Crippen LogP contribution in [0.3, 0.4) is 0 Å². The number of carbonyl (C=O) groups excluding carboxylic acids is 1. The normalized spacial score (nSPS) is 17.8. The molecule has 1 aliphatic rings. The van der Waals surface area contributed by atoms with Crippen molar-refractivity contribution in [2.24, 2.45) is 7.05 Å². The van der Waals surface area contributed by atoms with Crippen LogP contribution in [0, 0.1) is 0 Å². The number of hydrogen-bond acceptors (Lipinski definition) is 2. The number of halogens is 1. The van der Waals surface area contributed by atoms with Crippen LogP contribution in [0.4, 0.5) is 0 Å². The van der Waals surface area contributed by atoms with Gasteiger partial charge >= 0.3 is 0 Å². The van der Waals surface area contributed by atoms with Crippen molar-refractivity contribution in [3.05, 3.63) is 58.4 Å². The standard InChI is InChI=1S/C18H22ClN3O/c1-20-10-14-7-5-4-6-13(14)8-16(20)12-22(3)18(23)17-9-15(19)11-21(17)2/h4-7,9,11,16H,8,10,12H2,1-3H3. The monoisotopic (exact) mass is 331 g/mol. The lowest BCUT2D eigenvalue weighted by molar-refractivity contribution is 0.0724. The molecule has 23 heavy (non-hydrogen) atoms. The summed E-state index contributed by atoms with van der Waals surface area (Å²) in [6, 6.07) is 10.6. The summed E-state index contributed by atoms with van der Waals surface area (Å²) in [5.74, 6) is 0.00617. The lowest BCUT2D eigenvalue weighted by Crippen LogP contribution is -2.46. The highest BCUT2D eigenvalue weighted by Crippen LogP contribution is 2.23. The van der Waals surface area contributed by atoms with E-state index in [2.05, 4.69) is 36.2 Å². The molecule has 3 rings (SSSR count). The van der Waals surface area contributed by atoms with Crippen molar-refractivity contribution in [3.63, 3.8) is 0 Å². The van der Waals surface area contributed by atoms with Gasteiger partial charge in [-0.15, -0.1) is 0 Å². The van der Waals surface area contributed by atoms with Gasteiger partial charge in [0.25, 0.3) is 5.91 Å². The molecule has 1 atom stereocenters. The van der Waals surface area contributed by atoms with E-state index >= 15 is 0 Å². The molecular formula is C18H22ClN3O. The molecule has 122 valence electrons. The van der Waals surface area contributed by atoms with E-state index < -0.39 is 0 Å². The molecule has 0 saturated carbocycles. The molecule has 2 aromatic rings. The molecule has 5 heteroatoms. The fourth-order valence-corrected chi connectivity index (χ4v) is 3.50. The fourth-order valence-electron chi connectivity index (χ4n) is 3.25. The SMILES string of the molecule is CN(CC1Cc2ccccc2CN1C)C(=O)c1cc(Cl)cn1C. The summed E-state index contributed by atoms with van der Waals surface area (Å²) in [5, 5.41) is 0.591. The van der Waals surface area contributed by atoms with E-state index in [1.165, 1.54) is 11.1 Å². The zero-order valence-corrected chi connectivity index (χ0v) is 14.5. The highest BCUT2D eigenvalue weighted by atomic mass is 35.5. The summed E-state index contributed by atoms with van der Waals surface area (Å²) in [5.41, 5.74) is 3.39. The van der Waals surface area contributed by atoms with Gasteiger partial charge in [-0.05, 0) is 30.7 Å². The van der Waals surface area contributed by atoms with E-state index in [-0.39, 0.29) is 5.91 Å². The number of carbonyl (C=O) groups is 1. The molecule has 0 bridgehead atoms. The molecule has 4 nitrogen and oxygen atoms in total. The van der Waals surface area contributed by atoms with Crippen LogP contribution in [0.2, 0.25) is 5.02 Å². The minimum atomic E-state index is 0.00617. The molecule has 1 amide bonds. The van der Waals surface area contributed by atoms with E-state index in [4.69, 9.17) is 11.6 Å². The summed E-state index contributed by atoms with van der Waals surface area (Å²) in [6.45, 7) is 1.63. The second-order valence-electron chi connectivity index (χ2n) is 6.38. The number of benzene rings is 1. The van der Waals surface area contributed by atoms with Crippen LogP contribution in [-0.4, -0.2) is 47.0 Å². The number of nitrogens with zero attached hydrogens (tertiary/aromatic N) is 3. The first kappa shape index (κ1) is 16.1. The van der Waals surface area contributed by atoms with Gasteiger partial charge in [-0.25, -0.2) is 0 Å². The minimum Gasteiger partial charge on any atom is -0.345 e. The Bertz CT molecular complexity index is 725. The maximum Gasteiger partial charge on any atom is 0.270 e. The molecule has 0 spiro atoms. The van der Waals surface area contributed by atoms with Crippen molar-refractivity contribution in [1.29, 1.82) is 0 Å². The molecule has 0 radical (unpaired) electrons. The Morgan fingerprint density at radius 1 is 1.30 bits per heavy atom. The number of likely N-dealkylation sites (N-methyl/N-ethyl adjacent to an activating group) is 2. The molecule has 0 fully saturated rings. The molecule has 0 saturated heterocycles. The van der Waals surface area contributed by atoms with Crippen LogP contribution in [0.1, 0.15) is 21.6 Å². The Hall–Kier alpha value is -1.78. The quantitative estimate of drug-likeness (QED) is 0.865. The van der Waals surface area contributed by atoms with Crippen molar-refractivity contribution in [2.75, 3.05) is 20.6 Å². The highest BCUT2D eigenvalue weighted by Gasteiger charge is 2.26. The van der Waals surface area contributed by atoms with Crippen LogP contribution in [0.25, 0.3) is 0 Å². The van der Waals surface area contributed by atoms with Gasteiger partial charge in [0.05, 0.1) is 5.02 Å². The lowest BCUT2D eigenvalue weighted by Gasteiger charge is -2.36. The molecule has 0 N–H and O–H groups in total. The predicted octanol–water partition coefficient (Wildman–Crippen LogP) is 2.81. The van der Waals surface area contributed by atoms with Crippen molar-refractivity contribution < 1.29 is 4.79 Å². The molecule has 1 unspecified atom stereocenters. The summed E-state index contributed by atoms with van der Waals surface area (Å²) in [7, 11) is 5.83. The van der Waals surface area contributed by atoms with Gasteiger partial charge in [-0.2, -0.15) is 0 Å². The molecule has 0 aliphatic carbocycles. The second-order valence-corrected chi connectivity index (χ2v) is 6.82. The number of rotatable bonds is 3. The third-order valence-corrected chi connectivity index (χ3v) is 4.85. The zero-order chi connectivity index (χ0) is 16.6. The third kappa shape index (κ3) is 3.28. The van der Waals surface area contributed by atoms with Crippen LogP contribution in [0.15, 0.2) is 36.5 Å². The van der Waals surface area contributed by atoms with E-state index in [1.807, 2.05) is 14.1 Å². The van der Waals surface area contributed by atoms with Crippen molar-refractivity contribution in [1.82, 2.24) is 14.4 Å². The minimum absolute atomic E-state index is 0.00617. The lowest BCUT2D eigenvalue weighted by atomic mass is 9.94. The molecule has 2 heterocycles. The smallest absolute Gasteiger partial charge is 0.270 e. The van der Waals surface area contributed by atoms with Crippen LogP contribution in [0.5, 0.6) is 0 Å². The van der Waals surface area contributed by atoms with Crippen molar-refractivity contribution in [3.8, 4) is 0 Å². The molecular weight excluding hydrogens is 310 g/mol. The summed E-state index contributed by atoms with van der Waals surface area (Å²) >= 11 is 5.99. The molecule has 1 aromatic carbocycles. The summed E-state index contributed by atoms with van der Waals surface area (Å²) in [4.78, 5) is 16.7. The van der Waals surface area contributed by atoms with Gasteiger partial charge in [0.1, 0.15) is 5.69 Å². The fraction of sp³-hybridized carbons (Fsp3) is 0.389. The third-order valence-electron chi connectivity index (χ3n) is 4.64. The Morgan fingerprint density at radius 3 is 2.65 bits per heavy atom. The maximum atomic E-state index is 12.6. The highest BCUT2D eigenvalue weighted by molar-refractivity contribution is 6.31. The van der Waals surface area contributed by atoms with E-state index in [1.54, 1.807) is 21.7 Å². The van der Waals surface area contributed by atoms with E-state index in [0.29, 0.717) is 23.3 Å². The van der Waals surface area contributed by atoms with Gasteiger partial charge < -0.3 is 9.47 Å². The van der Waals surface area contributed by atoms with Crippen molar-refractivity contribution >= 4 is 17.5 Å². The van der Waals surface area contributed by atoms with Gasteiger partial charge in [-0.3, -0.25) is 9.69 Å². The Kier molecular flexibility index (Phi) is 4.46. The number of aryl methyl sites for hydroxylation is 1. The van der Waals surface area contributed by atoms with Crippen molar-refractivity contribution in [2.45, 2.75) is 19.0 Å². The van der Waals surface area contributed by atoms with E-state index in [9.17, 15) is 4.79 Å². The van der Waals surface area contributed by atoms with Crippen LogP contribution < -0.4 is 0 Å². The maximum absolute atomic E-state index is 12.6. The van der Waals surface area contributed by atoms with Crippen LogP contribution in [-0.2, 0) is 20.0 Å². The second kappa shape index (κ2) is 6.38. The van der Waals surface area contributed by atoms with Gasteiger partial charge in [-0.1, -0.05) is 35.9 Å². The number of aromatic nitrogens is 1. The van der Waals surface area contributed by atoms with Gasteiger partial charge in [0.2, 0.25) is 0 Å². The summed E-state index contributed by atoms with van der Waals surface area (Å²) < 4.78 is 1.78. The first-order valence-electron chi connectivity index (χ1n) is 7.80. The summed E-state index contributed by atoms with van der Waals surface area (Å²) in [6.07, 6.45) is 2.73. The first-order chi connectivity index (χ1) is 11.0. The Morgan fingerprint density at radius 2 is 2.00 bits per heavy atom. The number of fused-ring (bicyclic) bond motifs is 1. The molecule has 1 aliphatic heterocycles. The van der Waals surface area contributed by atoms with Gasteiger partial charge in [0, 0.05) is 39.4 Å². The Balaban J connectivity index is 1.72. The largest absolute Gasteiger partial charge is 0.345 e. The van der Waals surface area contributed by atoms with Gasteiger partial charge in [0.15, 0.2) is 0 Å². The van der Waals surface area contributed by atoms with Crippen LogP contribution >= 0.6 is 11.6 Å². The average molecular weight is 332 g/mol. The first-order valence-corrected chi connectivity index (χ1v) is 8.18. The molecule has 1 aromatic heterocycles. The predicted molar refractivity (Wildman–Crippen MR) is 92.8 cm³/mol. The van der Waals surface area contributed by atoms with E-state index in [0.717, 1.165) is 13.0 Å². The number of amides is 1. The number of hydrogen-bond donors (Lipinski definition) is 0.